The van der Waals surface area contributed by atoms with Gasteiger partial charge in [-0.25, -0.2) is 24.6 Å². The highest BCUT2D eigenvalue weighted by molar-refractivity contribution is 6.30. The minimum absolute atomic E-state index is 0.667. The third kappa shape index (κ3) is 3.58. The van der Waals surface area contributed by atoms with Crippen LogP contribution in [0, 0.1) is 6.92 Å². The van der Waals surface area contributed by atoms with Crippen LogP contribution in [-0.4, -0.2) is 41.2 Å². The molecule has 0 radical (unpaired) electrons. The first kappa shape index (κ1) is 18.8. The predicted molar refractivity (Wildman–Crippen MR) is 114 cm³/mol. The second kappa shape index (κ2) is 7.93. The van der Waals surface area contributed by atoms with E-state index in [-0.39, 0.29) is 0 Å². The van der Waals surface area contributed by atoms with Crippen molar-refractivity contribution >= 4 is 11.6 Å². The van der Waals surface area contributed by atoms with E-state index >= 15 is 0 Å². The first-order valence-electron chi connectivity index (χ1n) is 9.81. The largest absolute Gasteiger partial charge is 0.294 e. The monoisotopic (exact) mass is 417 g/mol. The summed E-state index contributed by atoms with van der Waals surface area (Å²) in [6.07, 6.45) is 7.76. The van der Waals surface area contributed by atoms with Crippen molar-refractivity contribution < 1.29 is 0 Å². The molecule has 150 valence electrons. The van der Waals surface area contributed by atoms with E-state index in [9.17, 15) is 0 Å². The van der Waals surface area contributed by atoms with Crippen molar-refractivity contribution in [2.24, 2.45) is 0 Å². The van der Waals surface area contributed by atoms with Crippen LogP contribution < -0.4 is 0 Å². The molecule has 0 saturated carbocycles. The van der Waals surface area contributed by atoms with Gasteiger partial charge in [0.2, 0.25) is 0 Å². The van der Waals surface area contributed by atoms with E-state index in [4.69, 9.17) is 16.6 Å². The summed E-state index contributed by atoms with van der Waals surface area (Å²) in [5.74, 6) is 0.672. The zero-order valence-electron chi connectivity index (χ0n) is 16.5. The molecule has 0 aliphatic carbocycles. The molecule has 4 heterocycles. The lowest BCUT2D eigenvalue weighted by Gasteiger charge is -2.28. The predicted octanol–water partition coefficient (Wildman–Crippen LogP) is 3.64. The van der Waals surface area contributed by atoms with Gasteiger partial charge >= 0.3 is 0 Å². The van der Waals surface area contributed by atoms with Crippen LogP contribution in [0.4, 0.5) is 0 Å². The molecule has 0 amide bonds. The molecule has 0 atom stereocenters. The van der Waals surface area contributed by atoms with Crippen LogP contribution in [0.15, 0.2) is 55.2 Å². The summed E-state index contributed by atoms with van der Waals surface area (Å²) < 4.78 is 1.81. The van der Waals surface area contributed by atoms with Gasteiger partial charge in [-0.1, -0.05) is 29.8 Å². The van der Waals surface area contributed by atoms with Gasteiger partial charge in [0.1, 0.15) is 11.5 Å². The molecular weight excluding hydrogens is 398 g/mol. The fourth-order valence-corrected chi connectivity index (χ4v) is 4.07. The number of nitrogens with zero attached hydrogens (tertiary/aromatic N) is 7. The van der Waals surface area contributed by atoms with E-state index in [1.165, 1.54) is 6.33 Å². The van der Waals surface area contributed by atoms with Gasteiger partial charge in [0.15, 0.2) is 5.82 Å². The lowest BCUT2D eigenvalue weighted by molar-refractivity contribution is 0.242. The number of benzene rings is 1. The van der Waals surface area contributed by atoms with Gasteiger partial charge in [0.25, 0.3) is 0 Å². The lowest BCUT2D eigenvalue weighted by Crippen LogP contribution is -2.31. The first-order chi connectivity index (χ1) is 14.7. The maximum atomic E-state index is 6.71. The minimum Gasteiger partial charge on any atom is -0.294 e. The van der Waals surface area contributed by atoms with Crippen molar-refractivity contribution in [3.8, 4) is 17.1 Å². The second-order valence-corrected chi connectivity index (χ2v) is 7.71. The Morgan fingerprint density at radius 3 is 2.67 bits per heavy atom. The second-order valence-electron chi connectivity index (χ2n) is 7.36. The molecular formula is C22H20ClN7. The van der Waals surface area contributed by atoms with Crippen LogP contribution >= 0.6 is 11.6 Å². The highest BCUT2D eigenvalue weighted by Gasteiger charge is 2.22. The molecule has 0 bridgehead atoms. The molecule has 30 heavy (non-hydrogen) atoms. The van der Waals surface area contributed by atoms with E-state index in [0.29, 0.717) is 11.0 Å². The van der Waals surface area contributed by atoms with E-state index in [0.717, 1.165) is 59.8 Å². The van der Waals surface area contributed by atoms with Gasteiger partial charge in [-0.15, -0.1) is 0 Å². The minimum atomic E-state index is 0.667. The summed E-state index contributed by atoms with van der Waals surface area (Å²) in [6.45, 7) is 4.44. The number of para-hydroxylation sites is 1. The fourth-order valence-electron chi connectivity index (χ4n) is 3.74. The van der Waals surface area contributed by atoms with E-state index in [2.05, 4.69) is 25.0 Å². The van der Waals surface area contributed by atoms with Gasteiger partial charge in [-0.3, -0.25) is 4.90 Å². The summed E-state index contributed by atoms with van der Waals surface area (Å²) in [5, 5.41) is 5.32. The molecule has 8 heteroatoms. The van der Waals surface area contributed by atoms with E-state index < -0.39 is 0 Å². The average Bonchev–Trinajstić information content (AvgIpc) is 3.08. The number of halogens is 1. The molecule has 1 aliphatic heterocycles. The van der Waals surface area contributed by atoms with E-state index in [1.54, 1.807) is 17.1 Å². The molecule has 7 nitrogen and oxygen atoms in total. The van der Waals surface area contributed by atoms with Crippen LogP contribution in [0.2, 0.25) is 5.15 Å². The standard InChI is InChI=1S/C22H20ClN7/c1-15-19(21(23)30(28-15)18-5-3-2-4-6-18)13-29-8-7-20-17(12-29)11-26-22(27-20)16-9-24-14-25-10-16/h2-6,9-11,14H,7-8,12-13H2,1H3. The fraction of sp³-hybridized carbons (Fsp3) is 0.227. The van der Waals surface area contributed by atoms with Crippen LogP contribution in [0.25, 0.3) is 17.1 Å². The Morgan fingerprint density at radius 2 is 1.87 bits per heavy atom. The summed E-state index contributed by atoms with van der Waals surface area (Å²) in [7, 11) is 0. The molecule has 5 rings (SSSR count). The third-order valence-corrected chi connectivity index (χ3v) is 5.72. The van der Waals surface area contributed by atoms with Crippen molar-refractivity contribution in [2.45, 2.75) is 26.4 Å². The zero-order valence-corrected chi connectivity index (χ0v) is 17.3. The Hall–Kier alpha value is -3.16. The molecule has 0 unspecified atom stereocenters. The van der Waals surface area contributed by atoms with Crippen molar-refractivity contribution in [1.82, 2.24) is 34.6 Å². The summed E-state index contributed by atoms with van der Waals surface area (Å²) >= 11 is 6.71. The first-order valence-corrected chi connectivity index (χ1v) is 10.2. The van der Waals surface area contributed by atoms with E-state index in [1.807, 2.05) is 43.5 Å². The molecule has 0 spiro atoms. The molecule has 1 aliphatic rings. The average molecular weight is 418 g/mol. The molecule has 0 N–H and O–H groups in total. The number of hydrogen-bond acceptors (Lipinski definition) is 6. The van der Waals surface area contributed by atoms with Gasteiger partial charge < -0.3 is 0 Å². The Labute approximate surface area is 179 Å². The molecule has 0 saturated heterocycles. The van der Waals surface area contributed by atoms with Crippen LogP contribution in [0.1, 0.15) is 22.5 Å². The lowest BCUT2D eigenvalue weighted by atomic mass is 10.1. The molecule has 1 aromatic carbocycles. The number of rotatable bonds is 4. The zero-order chi connectivity index (χ0) is 20.5. The van der Waals surface area contributed by atoms with Gasteiger partial charge in [-0.05, 0) is 19.1 Å². The summed E-state index contributed by atoms with van der Waals surface area (Å²) in [6, 6.07) is 9.97. The number of hydrogen-bond donors (Lipinski definition) is 0. The maximum Gasteiger partial charge on any atom is 0.162 e. The Balaban J connectivity index is 1.36. The highest BCUT2D eigenvalue weighted by atomic mass is 35.5. The highest BCUT2D eigenvalue weighted by Crippen LogP contribution is 2.27. The topological polar surface area (TPSA) is 72.6 Å². The van der Waals surface area contributed by atoms with Crippen LogP contribution in [0.5, 0.6) is 0 Å². The van der Waals surface area contributed by atoms with Gasteiger partial charge in [-0.2, -0.15) is 5.10 Å². The smallest absolute Gasteiger partial charge is 0.162 e. The Bertz CT molecular complexity index is 1180. The Morgan fingerprint density at radius 1 is 1.07 bits per heavy atom. The third-order valence-electron chi connectivity index (χ3n) is 5.34. The van der Waals surface area contributed by atoms with Crippen molar-refractivity contribution in [1.29, 1.82) is 0 Å². The molecule has 3 aromatic heterocycles. The maximum absolute atomic E-state index is 6.71. The number of fused-ring (bicyclic) bond motifs is 1. The Kier molecular flexibility index (Phi) is 4.98. The number of aryl methyl sites for hydroxylation is 1. The van der Waals surface area contributed by atoms with Crippen LogP contribution in [-0.2, 0) is 19.5 Å². The number of aromatic nitrogens is 6. The normalized spacial score (nSPS) is 13.9. The van der Waals surface area contributed by atoms with Crippen molar-refractivity contribution in [3.05, 3.63) is 82.9 Å². The van der Waals surface area contributed by atoms with Crippen molar-refractivity contribution in [3.63, 3.8) is 0 Å². The van der Waals surface area contributed by atoms with Gasteiger partial charge in [0, 0.05) is 55.8 Å². The summed E-state index contributed by atoms with van der Waals surface area (Å²) in [5.41, 5.74) is 6.03. The van der Waals surface area contributed by atoms with Gasteiger partial charge in [0.05, 0.1) is 22.6 Å². The molecule has 4 aromatic rings. The SMILES string of the molecule is Cc1nn(-c2ccccc2)c(Cl)c1CN1CCc2nc(-c3cncnc3)ncc2C1. The van der Waals surface area contributed by atoms with Crippen LogP contribution in [0.3, 0.4) is 0 Å². The molecule has 0 fully saturated rings. The summed E-state index contributed by atoms with van der Waals surface area (Å²) in [4.78, 5) is 19.7. The quantitative estimate of drug-likeness (QED) is 0.504. The van der Waals surface area contributed by atoms with Crippen molar-refractivity contribution in [2.75, 3.05) is 6.54 Å².